The highest BCUT2D eigenvalue weighted by Crippen LogP contribution is 2.34. The van der Waals surface area contributed by atoms with E-state index in [-0.39, 0.29) is 12.5 Å². The van der Waals surface area contributed by atoms with Crippen molar-refractivity contribution in [2.24, 2.45) is 0 Å². The highest BCUT2D eigenvalue weighted by atomic mass is 16.4. The SMILES string of the molecule is Cc1oc(-c2ccccc2)nc1CN1C(=O)NC(Cc2ccccc2)(c2ccccc2)C1=O. The van der Waals surface area contributed by atoms with Crippen LogP contribution in [0, 0.1) is 6.92 Å². The Morgan fingerprint density at radius 1 is 0.879 bits per heavy atom. The van der Waals surface area contributed by atoms with Crippen LogP contribution in [-0.2, 0) is 23.3 Å². The van der Waals surface area contributed by atoms with Crippen molar-refractivity contribution in [2.45, 2.75) is 25.4 Å². The first-order chi connectivity index (χ1) is 16.1. The van der Waals surface area contributed by atoms with Crippen LogP contribution in [0.2, 0.25) is 0 Å². The summed E-state index contributed by atoms with van der Waals surface area (Å²) in [5.74, 6) is 0.745. The van der Waals surface area contributed by atoms with Gasteiger partial charge < -0.3 is 9.73 Å². The van der Waals surface area contributed by atoms with Gasteiger partial charge in [-0.1, -0.05) is 78.9 Å². The number of carbonyl (C=O) groups is 2. The Kier molecular flexibility index (Phi) is 5.26. The number of benzene rings is 3. The maximum atomic E-state index is 13.8. The second kappa shape index (κ2) is 8.39. The van der Waals surface area contributed by atoms with E-state index >= 15 is 0 Å². The molecule has 1 N–H and O–H groups in total. The van der Waals surface area contributed by atoms with E-state index in [1.165, 1.54) is 4.90 Å². The second-order valence-electron chi connectivity index (χ2n) is 8.14. The van der Waals surface area contributed by atoms with Crippen LogP contribution in [0.4, 0.5) is 4.79 Å². The third kappa shape index (κ3) is 3.80. The molecule has 2 heterocycles. The molecule has 4 aromatic rings. The van der Waals surface area contributed by atoms with Crippen molar-refractivity contribution in [3.8, 4) is 11.5 Å². The average molecular weight is 437 g/mol. The first-order valence-corrected chi connectivity index (χ1v) is 10.8. The molecule has 3 amide bonds. The number of carbonyl (C=O) groups excluding carboxylic acids is 2. The monoisotopic (exact) mass is 437 g/mol. The van der Waals surface area contributed by atoms with Crippen molar-refractivity contribution in [1.82, 2.24) is 15.2 Å². The molecule has 3 aromatic carbocycles. The lowest BCUT2D eigenvalue weighted by molar-refractivity contribution is -0.132. The molecule has 6 heteroatoms. The van der Waals surface area contributed by atoms with Crippen LogP contribution >= 0.6 is 0 Å². The Hall–Kier alpha value is -4.19. The fourth-order valence-corrected chi connectivity index (χ4v) is 4.24. The summed E-state index contributed by atoms with van der Waals surface area (Å²) in [6.07, 6.45) is 0.353. The van der Waals surface area contributed by atoms with Gasteiger partial charge in [0.15, 0.2) is 5.54 Å². The molecule has 0 spiro atoms. The Morgan fingerprint density at radius 3 is 2.15 bits per heavy atom. The van der Waals surface area contributed by atoms with Gasteiger partial charge in [-0.25, -0.2) is 9.78 Å². The molecule has 0 radical (unpaired) electrons. The van der Waals surface area contributed by atoms with Crippen molar-refractivity contribution < 1.29 is 14.0 Å². The van der Waals surface area contributed by atoms with Crippen molar-refractivity contribution in [1.29, 1.82) is 0 Å². The summed E-state index contributed by atoms with van der Waals surface area (Å²) in [6, 6.07) is 28.2. The Balaban J connectivity index is 1.49. The number of aryl methyl sites for hydroxylation is 1. The molecule has 6 nitrogen and oxygen atoms in total. The molecular weight excluding hydrogens is 414 g/mol. The normalized spacial score (nSPS) is 17.9. The number of nitrogens with one attached hydrogen (secondary N) is 1. The van der Waals surface area contributed by atoms with Gasteiger partial charge >= 0.3 is 6.03 Å². The van der Waals surface area contributed by atoms with Gasteiger partial charge in [0.1, 0.15) is 11.5 Å². The molecule has 5 rings (SSSR count). The minimum Gasteiger partial charge on any atom is -0.441 e. The van der Waals surface area contributed by atoms with Crippen LogP contribution in [0.5, 0.6) is 0 Å². The van der Waals surface area contributed by atoms with E-state index < -0.39 is 11.6 Å². The van der Waals surface area contributed by atoms with Gasteiger partial charge in [0.05, 0.1) is 6.54 Å². The number of rotatable bonds is 6. The molecule has 0 aliphatic carbocycles. The van der Waals surface area contributed by atoms with Crippen molar-refractivity contribution in [2.75, 3.05) is 0 Å². The minimum absolute atomic E-state index is 0.0379. The zero-order valence-corrected chi connectivity index (χ0v) is 18.2. The maximum absolute atomic E-state index is 13.8. The fourth-order valence-electron chi connectivity index (χ4n) is 4.24. The second-order valence-corrected chi connectivity index (χ2v) is 8.14. The summed E-state index contributed by atoms with van der Waals surface area (Å²) in [7, 11) is 0. The zero-order chi connectivity index (χ0) is 22.8. The molecular formula is C27H23N3O3. The van der Waals surface area contributed by atoms with E-state index in [0.717, 1.165) is 16.7 Å². The molecule has 164 valence electrons. The number of hydrogen-bond donors (Lipinski definition) is 1. The van der Waals surface area contributed by atoms with Gasteiger partial charge in [0.25, 0.3) is 5.91 Å². The summed E-state index contributed by atoms with van der Waals surface area (Å²) >= 11 is 0. The van der Waals surface area contributed by atoms with E-state index in [2.05, 4.69) is 10.3 Å². The molecule has 1 fully saturated rings. The highest BCUT2D eigenvalue weighted by molar-refractivity contribution is 6.07. The van der Waals surface area contributed by atoms with E-state index in [1.807, 2.05) is 91.0 Å². The Bertz CT molecular complexity index is 1290. The number of hydrogen-bond acceptors (Lipinski definition) is 4. The minimum atomic E-state index is -1.18. The van der Waals surface area contributed by atoms with Crippen LogP contribution in [0.3, 0.4) is 0 Å². The molecule has 1 aliphatic heterocycles. The molecule has 0 saturated carbocycles. The molecule has 1 atom stereocenters. The van der Waals surface area contributed by atoms with Gasteiger partial charge in [-0.15, -0.1) is 0 Å². The van der Waals surface area contributed by atoms with Crippen LogP contribution in [0.1, 0.15) is 22.6 Å². The zero-order valence-electron chi connectivity index (χ0n) is 18.2. The number of nitrogens with zero attached hydrogens (tertiary/aromatic N) is 2. The molecule has 1 saturated heterocycles. The third-order valence-electron chi connectivity index (χ3n) is 5.98. The summed E-state index contributed by atoms with van der Waals surface area (Å²) < 4.78 is 5.83. The molecule has 33 heavy (non-hydrogen) atoms. The maximum Gasteiger partial charge on any atom is 0.325 e. The van der Waals surface area contributed by atoms with Gasteiger partial charge in [0, 0.05) is 12.0 Å². The lowest BCUT2D eigenvalue weighted by atomic mass is 9.83. The van der Waals surface area contributed by atoms with Crippen molar-refractivity contribution in [3.05, 3.63) is 114 Å². The third-order valence-corrected chi connectivity index (χ3v) is 5.98. The Labute approximate surface area is 191 Å². The summed E-state index contributed by atoms with van der Waals surface area (Å²) in [6.45, 7) is 1.83. The highest BCUT2D eigenvalue weighted by Gasteiger charge is 2.52. The predicted octanol–water partition coefficient (Wildman–Crippen LogP) is 4.84. The smallest absolute Gasteiger partial charge is 0.325 e. The topological polar surface area (TPSA) is 75.4 Å². The first kappa shape index (κ1) is 20.7. The predicted molar refractivity (Wildman–Crippen MR) is 124 cm³/mol. The van der Waals surface area contributed by atoms with E-state index in [4.69, 9.17) is 4.42 Å². The summed E-state index contributed by atoms with van der Waals surface area (Å²) in [5.41, 5.74) is 1.92. The Morgan fingerprint density at radius 2 is 1.48 bits per heavy atom. The average Bonchev–Trinajstić information content (AvgIpc) is 3.34. The van der Waals surface area contributed by atoms with Gasteiger partial charge in [-0.2, -0.15) is 0 Å². The lowest BCUT2D eigenvalue weighted by Gasteiger charge is -2.27. The van der Waals surface area contributed by atoms with Gasteiger partial charge in [-0.3, -0.25) is 9.69 Å². The van der Waals surface area contributed by atoms with Crippen LogP contribution in [-0.4, -0.2) is 21.8 Å². The molecule has 1 aliphatic rings. The number of urea groups is 1. The number of amides is 3. The fraction of sp³-hybridized carbons (Fsp3) is 0.148. The van der Waals surface area contributed by atoms with Crippen molar-refractivity contribution >= 4 is 11.9 Å². The van der Waals surface area contributed by atoms with Crippen molar-refractivity contribution in [3.63, 3.8) is 0 Å². The number of aromatic nitrogens is 1. The largest absolute Gasteiger partial charge is 0.441 e. The van der Waals surface area contributed by atoms with Crippen LogP contribution in [0.15, 0.2) is 95.4 Å². The van der Waals surface area contributed by atoms with E-state index in [1.54, 1.807) is 6.92 Å². The quantitative estimate of drug-likeness (QED) is 0.438. The molecule has 1 aromatic heterocycles. The van der Waals surface area contributed by atoms with Gasteiger partial charge in [-0.05, 0) is 30.2 Å². The number of imide groups is 1. The van der Waals surface area contributed by atoms with Crippen LogP contribution in [0.25, 0.3) is 11.5 Å². The van der Waals surface area contributed by atoms with E-state index in [9.17, 15) is 9.59 Å². The summed E-state index contributed by atoms with van der Waals surface area (Å²) in [4.78, 5) is 32.7. The summed E-state index contributed by atoms with van der Waals surface area (Å²) in [5, 5.41) is 2.99. The lowest BCUT2D eigenvalue weighted by Crippen LogP contribution is -2.46. The first-order valence-electron chi connectivity index (χ1n) is 10.8. The van der Waals surface area contributed by atoms with Gasteiger partial charge in [0.2, 0.25) is 5.89 Å². The number of oxazole rings is 1. The van der Waals surface area contributed by atoms with Crippen LogP contribution < -0.4 is 5.32 Å². The van der Waals surface area contributed by atoms with E-state index in [0.29, 0.717) is 23.8 Å². The standard InChI is InChI=1S/C27H23N3O3/c1-19-23(28-24(33-19)21-13-7-3-8-14-21)18-30-25(31)27(29-26(30)32,22-15-9-4-10-16-22)17-20-11-5-2-6-12-20/h2-16H,17-18H2,1H3,(H,29,32). The molecule has 0 bridgehead atoms. The molecule has 1 unspecified atom stereocenters.